The largest absolute Gasteiger partial charge is 0.496 e. The van der Waals surface area contributed by atoms with Gasteiger partial charge in [0.1, 0.15) is 5.75 Å². The summed E-state index contributed by atoms with van der Waals surface area (Å²) in [5.41, 5.74) is 2.23. The molecule has 2 aromatic rings. The first-order valence-corrected chi connectivity index (χ1v) is 7.02. The van der Waals surface area contributed by atoms with Gasteiger partial charge in [0, 0.05) is 5.38 Å². The average molecular weight is 297 g/mol. The highest BCUT2D eigenvalue weighted by molar-refractivity contribution is 7.14. The van der Waals surface area contributed by atoms with E-state index in [1.54, 1.807) is 12.1 Å². The fourth-order valence-electron chi connectivity index (χ4n) is 1.59. The molecule has 2 rings (SSSR count). The molecule has 1 N–H and O–H groups in total. The third kappa shape index (κ3) is 3.24. The Labute approximate surface area is 120 Å². The van der Waals surface area contributed by atoms with E-state index in [4.69, 9.17) is 16.3 Å². The van der Waals surface area contributed by atoms with Gasteiger partial charge in [0.2, 0.25) is 0 Å². The molecule has 0 atom stereocenters. The summed E-state index contributed by atoms with van der Waals surface area (Å²) in [6.07, 6.45) is 0. The number of carbonyl (C=O) groups is 1. The Hall–Kier alpha value is -1.59. The van der Waals surface area contributed by atoms with Crippen LogP contribution in [-0.2, 0) is 5.88 Å². The highest BCUT2D eigenvalue weighted by Crippen LogP contribution is 2.22. The number of anilines is 1. The van der Waals surface area contributed by atoms with Crippen LogP contribution in [0.15, 0.2) is 23.6 Å². The lowest BCUT2D eigenvalue weighted by molar-refractivity contribution is 0.102. The quantitative estimate of drug-likeness (QED) is 0.879. The Morgan fingerprint density at radius 1 is 1.53 bits per heavy atom. The lowest BCUT2D eigenvalue weighted by Crippen LogP contribution is -2.13. The lowest BCUT2D eigenvalue weighted by atomic mass is 10.1. The number of halogens is 1. The van der Waals surface area contributed by atoms with Crippen LogP contribution in [0.25, 0.3) is 0 Å². The van der Waals surface area contributed by atoms with Gasteiger partial charge in [-0.25, -0.2) is 4.98 Å². The second kappa shape index (κ2) is 6.04. The van der Waals surface area contributed by atoms with Gasteiger partial charge in [-0.15, -0.1) is 22.9 Å². The SMILES string of the molecule is COc1ccc(C)cc1C(=O)Nc1nc(CCl)cs1. The summed E-state index contributed by atoms with van der Waals surface area (Å²) in [4.78, 5) is 16.4. The molecular weight excluding hydrogens is 284 g/mol. The second-order valence-corrected chi connectivity index (χ2v) is 5.06. The monoisotopic (exact) mass is 296 g/mol. The smallest absolute Gasteiger partial charge is 0.261 e. The van der Waals surface area contributed by atoms with Crippen LogP contribution in [0.2, 0.25) is 0 Å². The highest BCUT2D eigenvalue weighted by atomic mass is 35.5. The molecule has 0 unspecified atom stereocenters. The number of hydrogen-bond acceptors (Lipinski definition) is 4. The zero-order valence-electron chi connectivity index (χ0n) is 10.6. The highest BCUT2D eigenvalue weighted by Gasteiger charge is 2.14. The summed E-state index contributed by atoms with van der Waals surface area (Å²) in [5.74, 6) is 0.633. The zero-order valence-corrected chi connectivity index (χ0v) is 12.1. The third-order valence-electron chi connectivity index (χ3n) is 2.51. The Morgan fingerprint density at radius 2 is 2.32 bits per heavy atom. The molecule has 1 amide bonds. The molecule has 0 saturated heterocycles. The molecule has 1 aromatic heterocycles. The van der Waals surface area contributed by atoms with Crippen molar-refractivity contribution in [2.24, 2.45) is 0 Å². The van der Waals surface area contributed by atoms with Gasteiger partial charge in [-0.2, -0.15) is 0 Å². The molecule has 6 heteroatoms. The summed E-state index contributed by atoms with van der Waals surface area (Å²) in [6.45, 7) is 1.92. The van der Waals surface area contributed by atoms with Crippen molar-refractivity contribution in [1.82, 2.24) is 4.98 Å². The van der Waals surface area contributed by atoms with Crippen molar-refractivity contribution in [1.29, 1.82) is 0 Å². The van der Waals surface area contributed by atoms with Gasteiger partial charge in [0.05, 0.1) is 24.2 Å². The molecule has 0 bridgehead atoms. The molecule has 0 aliphatic carbocycles. The molecule has 0 aliphatic rings. The van der Waals surface area contributed by atoms with Crippen molar-refractivity contribution in [3.8, 4) is 5.75 Å². The number of hydrogen-bond donors (Lipinski definition) is 1. The number of amides is 1. The molecule has 19 heavy (non-hydrogen) atoms. The van der Waals surface area contributed by atoms with Crippen LogP contribution in [0.3, 0.4) is 0 Å². The van der Waals surface area contributed by atoms with E-state index in [-0.39, 0.29) is 5.91 Å². The third-order valence-corrected chi connectivity index (χ3v) is 3.59. The zero-order chi connectivity index (χ0) is 13.8. The Bertz CT molecular complexity index is 598. The minimum atomic E-state index is -0.240. The van der Waals surface area contributed by atoms with Crippen LogP contribution in [0, 0.1) is 6.92 Å². The van der Waals surface area contributed by atoms with Crippen molar-refractivity contribution < 1.29 is 9.53 Å². The number of thiazole rings is 1. The van der Waals surface area contributed by atoms with Crippen molar-refractivity contribution >= 4 is 34.0 Å². The van der Waals surface area contributed by atoms with Gasteiger partial charge < -0.3 is 4.74 Å². The lowest BCUT2D eigenvalue weighted by Gasteiger charge is -2.08. The molecule has 0 aliphatic heterocycles. The number of aryl methyl sites for hydroxylation is 1. The van der Waals surface area contributed by atoms with E-state index in [9.17, 15) is 4.79 Å². The number of benzene rings is 1. The van der Waals surface area contributed by atoms with E-state index in [1.165, 1.54) is 18.4 Å². The van der Waals surface area contributed by atoms with E-state index in [1.807, 2.05) is 18.4 Å². The number of aromatic nitrogens is 1. The predicted molar refractivity (Wildman–Crippen MR) is 77.4 cm³/mol. The maximum Gasteiger partial charge on any atom is 0.261 e. The molecule has 100 valence electrons. The van der Waals surface area contributed by atoms with E-state index < -0.39 is 0 Å². The molecule has 4 nitrogen and oxygen atoms in total. The minimum Gasteiger partial charge on any atom is -0.496 e. The summed E-state index contributed by atoms with van der Waals surface area (Å²) < 4.78 is 5.19. The number of carbonyl (C=O) groups excluding carboxylic acids is 1. The second-order valence-electron chi connectivity index (χ2n) is 3.94. The van der Waals surface area contributed by atoms with Crippen molar-refractivity contribution in [2.45, 2.75) is 12.8 Å². The summed E-state index contributed by atoms with van der Waals surface area (Å²) in [7, 11) is 1.54. The van der Waals surface area contributed by atoms with Crippen molar-refractivity contribution in [3.05, 3.63) is 40.4 Å². The van der Waals surface area contributed by atoms with E-state index in [2.05, 4.69) is 10.3 Å². The van der Waals surface area contributed by atoms with Gasteiger partial charge >= 0.3 is 0 Å². The van der Waals surface area contributed by atoms with Crippen LogP contribution in [0.1, 0.15) is 21.6 Å². The van der Waals surface area contributed by atoms with E-state index in [0.717, 1.165) is 11.3 Å². The summed E-state index contributed by atoms with van der Waals surface area (Å²) in [6, 6.07) is 5.45. The molecule has 1 heterocycles. The fraction of sp³-hybridized carbons (Fsp3) is 0.231. The summed E-state index contributed by atoms with van der Waals surface area (Å²) in [5, 5.41) is 5.09. The number of alkyl halides is 1. The van der Waals surface area contributed by atoms with Gasteiger partial charge in [-0.05, 0) is 19.1 Å². The van der Waals surface area contributed by atoms with E-state index in [0.29, 0.717) is 22.3 Å². The first-order chi connectivity index (χ1) is 9.13. The minimum absolute atomic E-state index is 0.240. The first kappa shape index (κ1) is 13.8. The Morgan fingerprint density at radius 3 is 2.95 bits per heavy atom. The number of methoxy groups -OCH3 is 1. The molecule has 0 fully saturated rings. The molecule has 0 radical (unpaired) electrons. The van der Waals surface area contributed by atoms with Gasteiger partial charge in [-0.1, -0.05) is 11.6 Å². The van der Waals surface area contributed by atoms with Crippen LogP contribution < -0.4 is 10.1 Å². The van der Waals surface area contributed by atoms with Gasteiger partial charge in [0.25, 0.3) is 5.91 Å². The predicted octanol–water partition coefficient (Wildman–Crippen LogP) is 3.45. The standard InChI is InChI=1S/C13H13ClN2O2S/c1-8-3-4-11(18-2)10(5-8)12(17)16-13-15-9(6-14)7-19-13/h3-5,7H,6H2,1-2H3,(H,15,16,17). The topological polar surface area (TPSA) is 51.2 Å². The molecule has 1 aromatic carbocycles. The normalized spacial score (nSPS) is 10.3. The van der Waals surface area contributed by atoms with E-state index >= 15 is 0 Å². The van der Waals surface area contributed by atoms with Crippen LogP contribution in [-0.4, -0.2) is 18.0 Å². The average Bonchev–Trinajstić information content (AvgIpc) is 2.86. The summed E-state index contributed by atoms with van der Waals surface area (Å²) >= 11 is 7.02. The van der Waals surface area contributed by atoms with Crippen molar-refractivity contribution in [2.75, 3.05) is 12.4 Å². The fourth-order valence-corrected chi connectivity index (χ4v) is 2.52. The number of rotatable bonds is 4. The molecular formula is C13H13ClN2O2S. The molecule has 0 spiro atoms. The first-order valence-electron chi connectivity index (χ1n) is 5.60. The maximum atomic E-state index is 12.2. The van der Waals surface area contributed by atoms with Crippen LogP contribution >= 0.6 is 22.9 Å². The number of nitrogens with zero attached hydrogens (tertiary/aromatic N) is 1. The Balaban J connectivity index is 2.21. The van der Waals surface area contributed by atoms with Crippen molar-refractivity contribution in [3.63, 3.8) is 0 Å². The maximum absolute atomic E-state index is 12.2. The number of ether oxygens (including phenoxy) is 1. The van der Waals surface area contributed by atoms with Crippen LogP contribution in [0.5, 0.6) is 5.75 Å². The van der Waals surface area contributed by atoms with Gasteiger partial charge in [0.15, 0.2) is 5.13 Å². The van der Waals surface area contributed by atoms with Gasteiger partial charge in [-0.3, -0.25) is 10.1 Å². The number of nitrogens with one attached hydrogen (secondary N) is 1. The van der Waals surface area contributed by atoms with Crippen LogP contribution in [0.4, 0.5) is 5.13 Å². The molecule has 0 saturated carbocycles. The Kier molecular flexibility index (Phi) is 4.39.